The zero-order chi connectivity index (χ0) is 7.11. The van der Waals surface area contributed by atoms with Crippen molar-refractivity contribution in [2.45, 2.75) is 0 Å². The third kappa shape index (κ3) is 5.89. The van der Waals surface area contributed by atoms with E-state index in [9.17, 15) is 0 Å². The molecule has 0 aromatic heterocycles. The molecule has 0 aromatic carbocycles. The Kier molecular flexibility index (Phi) is 6.14. The lowest BCUT2D eigenvalue weighted by Crippen LogP contribution is -1.97. The minimum absolute atomic E-state index is 0.376. The maximum Gasteiger partial charge on any atom is 0.0796 e. The summed E-state index contributed by atoms with van der Waals surface area (Å²) in [6.45, 7) is 7.59. The lowest BCUT2D eigenvalue weighted by Gasteiger charge is -1.98. The van der Waals surface area contributed by atoms with Crippen molar-refractivity contribution in [3.8, 4) is 0 Å². The van der Waals surface area contributed by atoms with Gasteiger partial charge < -0.3 is 4.18 Å². The Hall–Kier alpha value is 0.0100. The molecular weight excluding hydrogens is 152 g/mol. The molecule has 0 aliphatic rings. The molecule has 9 heavy (non-hydrogen) atoms. The summed E-state index contributed by atoms with van der Waals surface area (Å²) >= 11 is 4.89. The first-order valence-corrected chi connectivity index (χ1v) is 4.79. The highest BCUT2D eigenvalue weighted by Crippen LogP contribution is 1.86. The highest BCUT2D eigenvalue weighted by molar-refractivity contribution is 8.26. The second-order valence-electron chi connectivity index (χ2n) is 1.33. The summed E-state index contributed by atoms with van der Waals surface area (Å²) in [7, 11) is -0.376. The summed E-state index contributed by atoms with van der Waals surface area (Å²) in [6.07, 6.45) is 3.45. The Morgan fingerprint density at radius 2 is 2.11 bits per heavy atom. The van der Waals surface area contributed by atoms with Gasteiger partial charge in [0.05, 0.1) is 6.61 Å². The third-order valence-corrected chi connectivity index (χ3v) is 2.18. The fourth-order valence-corrected chi connectivity index (χ4v) is 1.26. The van der Waals surface area contributed by atoms with E-state index in [2.05, 4.69) is 13.2 Å². The summed E-state index contributed by atoms with van der Waals surface area (Å²) in [5.74, 6) is 0.753. The molecule has 0 saturated carbocycles. The van der Waals surface area contributed by atoms with Crippen LogP contribution in [0.3, 0.4) is 0 Å². The Bertz CT molecular complexity index is 120. The van der Waals surface area contributed by atoms with E-state index in [4.69, 9.17) is 15.4 Å². The molecule has 1 atom stereocenters. The van der Waals surface area contributed by atoms with E-state index in [0.29, 0.717) is 6.61 Å². The summed E-state index contributed by atoms with van der Waals surface area (Å²) in [5.41, 5.74) is 0. The normalized spacial score (nSPS) is 12.4. The minimum Gasteiger partial charge on any atom is -0.308 e. The van der Waals surface area contributed by atoms with E-state index in [1.165, 1.54) is 0 Å². The van der Waals surface area contributed by atoms with Gasteiger partial charge in [0.1, 0.15) is 0 Å². The van der Waals surface area contributed by atoms with Gasteiger partial charge in [-0.1, -0.05) is 12.2 Å². The van der Waals surface area contributed by atoms with Crippen LogP contribution < -0.4 is 0 Å². The van der Waals surface area contributed by atoms with Gasteiger partial charge in [-0.15, -0.1) is 13.2 Å². The molecule has 0 aliphatic carbocycles. The first-order chi connectivity index (χ1) is 4.31. The minimum atomic E-state index is -0.376. The molecule has 0 rings (SSSR count). The quantitative estimate of drug-likeness (QED) is 0.565. The third-order valence-electron chi connectivity index (χ3n) is 0.571. The first-order valence-electron chi connectivity index (χ1n) is 2.54. The standard InChI is InChI=1S/C6H10OS2/c1-3-5-7-9(8)6-4-2/h3-4H,1-2,5-6H2. The molecule has 0 heterocycles. The van der Waals surface area contributed by atoms with Crippen molar-refractivity contribution in [1.82, 2.24) is 0 Å². The van der Waals surface area contributed by atoms with Crippen LogP contribution in [0, 0.1) is 0 Å². The van der Waals surface area contributed by atoms with Crippen molar-refractivity contribution < 1.29 is 4.18 Å². The summed E-state index contributed by atoms with van der Waals surface area (Å²) < 4.78 is 5.08. The Morgan fingerprint density at radius 3 is 2.56 bits per heavy atom. The van der Waals surface area contributed by atoms with Crippen molar-refractivity contribution in [1.29, 1.82) is 0 Å². The van der Waals surface area contributed by atoms with Crippen LogP contribution in [0.4, 0.5) is 0 Å². The Balaban J connectivity index is 3.26. The number of hydrogen-bond acceptors (Lipinski definition) is 2. The summed E-state index contributed by atoms with van der Waals surface area (Å²) in [6, 6.07) is 0. The van der Waals surface area contributed by atoms with Gasteiger partial charge in [-0.2, -0.15) is 0 Å². The van der Waals surface area contributed by atoms with Crippen LogP contribution in [0.25, 0.3) is 0 Å². The molecule has 0 aromatic rings. The highest BCUT2D eigenvalue weighted by atomic mass is 32.8. The van der Waals surface area contributed by atoms with Crippen molar-refractivity contribution in [2.75, 3.05) is 12.4 Å². The number of rotatable bonds is 5. The monoisotopic (exact) mass is 162 g/mol. The zero-order valence-electron chi connectivity index (χ0n) is 5.21. The molecule has 0 saturated heterocycles. The van der Waals surface area contributed by atoms with E-state index in [1.807, 2.05) is 0 Å². The van der Waals surface area contributed by atoms with Crippen LogP contribution in [-0.4, -0.2) is 12.4 Å². The Morgan fingerprint density at radius 1 is 1.44 bits per heavy atom. The SMILES string of the molecule is C=CCOS(=S)CC=C. The van der Waals surface area contributed by atoms with Gasteiger partial charge in [0.15, 0.2) is 0 Å². The fraction of sp³-hybridized carbons (Fsp3) is 0.333. The molecule has 0 amide bonds. The molecule has 0 aliphatic heterocycles. The average Bonchev–Trinajstić information content (AvgIpc) is 1.85. The second kappa shape index (κ2) is 6.13. The number of hydrogen-bond donors (Lipinski definition) is 0. The Labute approximate surface area is 63.2 Å². The van der Waals surface area contributed by atoms with Gasteiger partial charge in [-0.3, -0.25) is 0 Å². The predicted octanol–water partition coefficient (Wildman–Crippen LogP) is 1.37. The molecular formula is C6H10OS2. The highest BCUT2D eigenvalue weighted by Gasteiger charge is 1.86. The van der Waals surface area contributed by atoms with E-state index in [-0.39, 0.29) is 9.74 Å². The van der Waals surface area contributed by atoms with Gasteiger partial charge in [-0.05, 0) is 11.2 Å². The smallest absolute Gasteiger partial charge is 0.0796 e. The van der Waals surface area contributed by atoms with Crippen LogP contribution in [-0.2, 0) is 25.1 Å². The van der Waals surface area contributed by atoms with Gasteiger partial charge in [0.25, 0.3) is 0 Å². The van der Waals surface area contributed by atoms with Crippen LogP contribution in [0.2, 0.25) is 0 Å². The molecule has 1 nitrogen and oxygen atoms in total. The van der Waals surface area contributed by atoms with Crippen LogP contribution in [0.1, 0.15) is 0 Å². The molecule has 0 N–H and O–H groups in total. The van der Waals surface area contributed by atoms with Crippen molar-refractivity contribution >= 4 is 20.9 Å². The second-order valence-corrected chi connectivity index (χ2v) is 3.62. The van der Waals surface area contributed by atoms with Gasteiger partial charge in [0.2, 0.25) is 0 Å². The van der Waals surface area contributed by atoms with Crippen molar-refractivity contribution in [3.05, 3.63) is 25.3 Å². The van der Waals surface area contributed by atoms with Gasteiger partial charge in [-0.25, -0.2) is 0 Å². The molecule has 0 spiro atoms. The van der Waals surface area contributed by atoms with E-state index >= 15 is 0 Å². The van der Waals surface area contributed by atoms with Crippen LogP contribution in [0.5, 0.6) is 0 Å². The van der Waals surface area contributed by atoms with Crippen LogP contribution >= 0.6 is 0 Å². The molecule has 0 radical (unpaired) electrons. The molecule has 52 valence electrons. The van der Waals surface area contributed by atoms with Crippen LogP contribution in [0.15, 0.2) is 25.3 Å². The van der Waals surface area contributed by atoms with E-state index in [0.717, 1.165) is 5.75 Å². The van der Waals surface area contributed by atoms with E-state index < -0.39 is 0 Å². The average molecular weight is 162 g/mol. The first kappa shape index (κ1) is 9.01. The largest absolute Gasteiger partial charge is 0.308 e. The predicted molar refractivity (Wildman–Crippen MR) is 45.9 cm³/mol. The van der Waals surface area contributed by atoms with Crippen molar-refractivity contribution in [2.24, 2.45) is 0 Å². The molecule has 1 unspecified atom stereocenters. The molecule has 0 bridgehead atoms. The maximum atomic E-state index is 5.08. The zero-order valence-corrected chi connectivity index (χ0v) is 6.84. The molecule has 3 heteroatoms. The fourth-order valence-electron chi connectivity index (χ4n) is 0.268. The molecule has 0 fully saturated rings. The van der Waals surface area contributed by atoms with Crippen molar-refractivity contribution in [3.63, 3.8) is 0 Å². The summed E-state index contributed by atoms with van der Waals surface area (Å²) in [4.78, 5) is 0. The van der Waals surface area contributed by atoms with Gasteiger partial charge in [0, 0.05) is 15.5 Å². The topological polar surface area (TPSA) is 9.23 Å². The van der Waals surface area contributed by atoms with E-state index in [1.54, 1.807) is 12.2 Å². The lowest BCUT2D eigenvalue weighted by atomic mass is 10.7. The lowest BCUT2D eigenvalue weighted by molar-refractivity contribution is 0.425. The maximum absolute atomic E-state index is 5.08. The summed E-state index contributed by atoms with van der Waals surface area (Å²) in [5, 5.41) is 0. The van der Waals surface area contributed by atoms with Gasteiger partial charge >= 0.3 is 0 Å².